The van der Waals surface area contributed by atoms with Crippen molar-refractivity contribution in [2.24, 2.45) is 0 Å². The molecule has 5 heteroatoms. The minimum Gasteiger partial charge on any atom is -0.451 e. The molecule has 1 aromatic heterocycles. The van der Waals surface area contributed by atoms with Gasteiger partial charge in [-0.25, -0.2) is 0 Å². The van der Waals surface area contributed by atoms with Crippen LogP contribution in [-0.4, -0.2) is 48.2 Å². The van der Waals surface area contributed by atoms with Gasteiger partial charge in [0.15, 0.2) is 11.5 Å². The zero-order chi connectivity index (χ0) is 20.4. The Kier molecular flexibility index (Phi) is 5.32. The molecule has 2 aromatic carbocycles. The van der Waals surface area contributed by atoms with Gasteiger partial charge in [-0.1, -0.05) is 54.6 Å². The molecule has 0 spiro atoms. The van der Waals surface area contributed by atoms with Gasteiger partial charge in [0.1, 0.15) is 5.76 Å². The van der Waals surface area contributed by atoms with Gasteiger partial charge in [0.25, 0.3) is 5.91 Å². The highest BCUT2D eigenvalue weighted by Crippen LogP contribution is 2.29. The zero-order valence-electron chi connectivity index (χ0n) is 16.7. The van der Waals surface area contributed by atoms with Crippen molar-refractivity contribution in [3.05, 3.63) is 83.6 Å². The van der Waals surface area contributed by atoms with Crippen LogP contribution in [0.4, 0.5) is 0 Å². The van der Waals surface area contributed by atoms with Crippen LogP contribution in [0, 0.1) is 0 Å². The zero-order valence-corrected chi connectivity index (χ0v) is 16.7. The highest BCUT2D eigenvalue weighted by Gasteiger charge is 2.32. The predicted molar refractivity (Wildman–Crippen MR) is 112 cm³/mol. The fourth-order valence-electron chi connectivity index (χ4n) is 3.74. The van der Waals surface area contributed by atoms with Crippen LogP contribution < -0.4 is 0 Å². The first-order valence-electron chi connectivity index (χ1n) is 9.78. The second-order valence-electron chi connectivity index (χ2n) is 7.48. The van der Waals surface area contributed by atoms with E-state index in [2.05, 4.69) is 24.1 Å². The molecule has 1 fully saturated rings. The number of ketones is 1. The first kappa shape index (κ1) is 19.2. The average Bonchev–Trinajstić information content (AvgIpc) is 3.24. The lowest BCUT2D eigenvalue weighted by molar-refractivity contribution is 0.0468. The first-order chi connectivity index (χ1) is 14.0. The van der Waals surface area contributed by atoms with Crippen LogP contribution in [0.5, 0.6) is 0 Å². The molecule has 148 valence electrons. The summed E-state index contributed by atoms with van der Waals surface area (Å²) in [4.78, 5) is 28.8. The molecule has 5 nitrogen and oxygen atoms in total. The third-order valence-corrected chi connectivity index (χ3v) is 5.42. The lowest BCUT2D eigenvalue weighted by atomic mass is 10.0. The Morgan fingerprint density at radius 3 is 2.34 bits per heavy atom. The van der Waals surface area contributed by atoms with Crippen molar-refractivity contribution in [3.8, 4) is 11.3 Å². The molecule has 29 heavy (non-hydrogen) atoms. The number of hydrogen-bond donors (Lipinski definition) is 0. The smallest absolute Gasteiger partial charge is 0.290 e. The summed E-state index contributed by atoms with van der Waals surface area (Å²) >= 11 is 0. The maximum atomic E-state index is 13.2. The van der Waals surface area contributed by atoms with E-state index in [9.17, 15) is 9.59 Å². The van der Waals surface area contributed by atoms with Gasteiger partial charge in [-0.05, 0) is 31.7 Å². The molecule has 4 rings (SSSR count). The number of Topliss-reactive ketones (excluding diaryl/α,β-unsaturated/α-hetero) is 1. The molecule has 1 saturated heterocycles. The lowest BCUT2D eigenvalue weighted by Crippen LogP contribution is -2.49. The molecule has 0 unspecified atom stereocenters. The summed E-state index contributed by atoms with van der Waals surface area (Å²) in [6.45, 7) is 3.81. The maximum absolute atomic E-state index is 13.2. The molecule has 0 bridgehead atoms. The molecule has 1 amide bonds. The third-order valence-electron chi connectivity index (χ3n) is 5.42. The normalized spacial score (nSPS) is 17.3. The Labute approximate surface area is 170 Å². The van der Waals surface area contributed by atoms with Crippen LogP contribution in [0.2, 0.25) is 0 Å². The van der Waals surface area contributed by atoms with E-state index in [0.717, 1.165) is 24.2 Å². The van der Waals surface area contributed by atoms with Crippen molar-refractivity contribution >= 4 is 11.7 Å². The summed E-state index contributed by atoms with van der Waals surface area (Å²) in [6, 6.07) is 20.9. The summed E-state index contributed by atoms with van der Waals surface area (Å²) < 4.78 is 5.91. The van der Waals surface area contributed by atoms with Crippen molar-refractivity contribution in [1.82, 2.24) is 9.80 Å². The van der Waals surface area contributed by atoms with Crippen molar-refractivity contribution in [2.75, 3.05) is 26.7 Å². The van der Waals surface area contributed by atoms with Gasteiger partial charge < -0.3 is 14.2 Å². The highest BCUT2D eigenvalue weighted by atomic mass is 16.4. The SMILES string of the molecule is CC(=O)c1ccc(-c2ccc(C(=O)N3CCN(C)C[C@@H]3c3ccccc3)o2)cc1. The largest absolute Gasteiger partial charge is 0.451 e. The Bertz CT molecular complexity index is 1010. The van der Waals surface area contributed by atoms with E-state index < -0.39 is 0 Å². The Morgan fingerprint density at radius 1 is 0.931 bits per heavy atom. The summed E-state index contributed by atoms with van der Waals surface area (Å²) in [5.41, 5.74) is 2.62. The summed E-state index contributed by atoms with van der Waals surface area (Å²) in [5, 5.41) is 0. The van der Waals surface area contributed by atoms with Crippen LogP contribution in [0.25, 0.3) is 11.3 Å². The molecule has 1 atom stereocenters. The molecule has 0 N–H and O–H groups in total. The quantitative estimate of drug-likeness (QED) is 0.626. The summed E-state index contributed by atoms with van der Waals surface area (Å²) in [5.74, 6) is 0.877. The van der Waals surface area contributed by atoms with Gasteiger partial charge in [0, 0.05) is 30.8 Å². The number of likely N-dealkylation sites (N-methyl/N-ethyl adjacent to an activating group) is 1. The number of carbonyl (C=O) groups excluding carboxylic acids is 2. The van der Waals surface area contributed by atoms with E-state index >= 15 is 0 Å². The first-order valence-corrected chi connectivity index (χ1v) is 9.78. The predicted octanol–water partition coefficient (Wildman–Crippen LogP) is 4.28. The topological polar surface area (TPSA) is 53.8 Å². The van der Waals surface area contributed by atoms with E-state index in [1.807, 2.05) is 41.3 Å². The molecule has 0 saturated carbocycles. The van der Waals surface area contributed by atoms with Crippen molar-refractivity contribution in [1.29, 1.82) is 0 Å². The lowest BCUT2D eigenvalue weighted by Gasteiger charge is -2.40. The number of furan rings is 1. The van der Waals surface area contributed by atoms with Crippen molar-refractivity contribution in [3.63, 3.8) is 0 Å². The number of carbonyl (C=O) groups is 2. The monoisotopic (exact) mass is 388 g/mol. The van der Waals surface area contributed by atoms with Crippen LogP contribution in [-0.2, 0) is 0 Å². The fourth-order valence-corrected chi connectivity index (χ4v) is 3.74. The Morgan fingerprint density at radius 2 is 1.66 bits per heavy atom. The third kappa shape index (κ3) is 4.00. The fraction of sp³-hybridized carbons (Fsp3) is 0.250. The number of piperazine rings is 1. The number of rotatable bonds is 4. The molecule has 1 aliphatic heterocycles. The average molecular weight is 388 g/mol. The van der Waals surface area contributed by atoms with Gasteiger partial charge in [-0.15, -0.1) is 0 Å². The summed E-state index contributed by atoms with van der Waals surface area (Å²) in [7, 11) is 2.08. The molecule has 0 aliphatic carbocycles. The standard InChI is InChI=1S/C24H24N2O3/c1-17(27)18-8-10-20(11-9-18)22-12-13-23(29-22)24(28)26-15-14-25(2)16-21(26)19-6-4-3-5-7-19/h3-13,21H,14-16H2,1-2H3/t21-/m1/s1. The van der Waals surface area contributed by atoms with E-state index in [1.54, 1.807) is 18.2 Å². The molecule has 1 aliphatic rings. The van der Waals surface area contributed by atoms with Crippen molar-refractivity contribution in [2.45, 2.75) is 13.0 Å². The Hall–Kier alpha value is -3.18. The second kappa shape index (κ2) is 8.05. The van der Waals surface area contributed by atoms with Crippen LogP contribution in [0.15, 0.2) is 71.1 Å². The van der Waals surface area contributed by atoms with Gasteiger partial charge in [-0.2, -0.15) is 0 Å². The second-order valence-corrected chi connectivity index (χ2v) is 7.48. The maximum Gasteiger partial charge on any atom is 0.290 e. The molecule has 2 heterocycles. The minimum absolute atomic E-state index is 0.00847. The summed E-state index contributed by atoms with van der Waals surface area (Å²) in [6.07, 6.45) is 0. The van der Waals surface area contributed by atoms with E-state index in [-0.39, 0.29) is 17.7 Å². The van der Waals surface area contributed by atoms with Gasteiger partial charge in [-0.3, -0.25) is 9.59 Å². The molecule has 0 radical (unpaired) electrons. The van der Waals surface area contributed by atoms with Crippen LogP contribution in [0.1, 0.15) is 39.4 Å². The van der Waals surface area contributed by atoms with Gasteiger partial charge in [0.2, 0.25) is 0 Å². The number of hydrogen-bond acceptors (Lipinski definition) is 4. The number of nitrogens with zero attached hydrogens (tertiary/aromatic N) is 2. The van der Waals surface area contributed by atoms with Crippen LogP contribution in [0.3, 0.4) is 0 Å². The highest BCUT2D eigenvalue weighted by molar-refractivity contribution is 5.94. The van der Waals surface area contributed by atoms with E-state index in [4.69, 9.17) is 4.42 Å². The number of amides is 1. The Balaban J connectivity index is 1.58. The molecular weight excluding hydrogens is 364 g/mol. The van der Waals surface area contributed by atoms with Gasteiger partial charge >= 0.3 is 0 Å². The number of benzene rings is 2. The van der Waals surface area contributed by atoms with E-state index in [0.29, 0.717) is 23.6 Å². The van der Waals surface area contributed by atoms with Crippen LogP contribution >= 0.6 is 0 Å². The molecule has 3 aromatic rings. The minimum atomic E-state index is -0.0986. The van der Waals surface area contributed by atoms with E-state index in [1.165, 1.54) is 6.92 Å². The van der Waals surface area contributed by atoms with Crippen molar-refractivity contribution < 1.29 is 14.0 Å². The van der Waals surface area contributed by atoms with Gasteiger partial charge in [0.05, 0.1) is 6.04 Å². The molecular formula is C24H24N2O3.